The van der Waals surface area contributed by atoms with Gasteiger partial charge in [0.25, 0.3) is 5.91 Å². The van der Waals surface area contributed by atoms with Crippen molar-refractivity contribution in [2.45, 2.75) is 37.8 Å². The van der Waals surface area contributed by atoms with Gasteiger partial charge in [-0.25, -0.2) is 0 Å². The van der Waals surface area contributed by atoms with Crippen molar-refractivity contribution in [3.8, 4) is 0 Å². The van der Waals surface area contributed by atoms with Crippen LogP contribution in [0.4, 0.5) is 5.69 Å². The second-order valence-electron chi connectivity index (χ2n) is 4.98. The fourth-order valence-electron chi connectivity index (χ4n) is 2.47. The number of amides is 1. The Kier molecular flexibility index (Phi) is 4.33. The minimum atomic E-state index is -0.594. The van der Waals surface area contributed by atoms with Crippen molar-refractivity contribution >= 4 is 11.6 Å². The lowest BCUT2D eigenvalue weighted by molar-refractivity contribution is -0.385. The fourth-order valence-corrected chi connectivity index (χ4v) is 2.47. The molecule has 1 heterocycles. The molecule has 0 atom stereocenters. The molecule has 1 aliphatic rings. The highest BCUT2D eigenvalue weighted by atomic mass is 16.6. The van der Waals surface area contributed by atoms with Crippen LogP contribution in [0, 0.1) is 10.1 Å². The van der Waals surface area contributed by atoms with E-state index in [4.69, 9.17) is 4.74 Å². The summed E-state index contributed by atoms with van der Waals surface area (Å²) in [6, 6.07) is 0.0236. The highest BCUT2D eigenvalue weighted by molar-refractivity contribution is 5.96. The standard InChI is InChI=1S/C12H18N4O4/c1-15-7-10(16(18)19)11(14-15)12(17)13-8-3-5-9(20-2)6-4-8/h7-9H,3-6H2,1-2H3,(H,13,17)/t8-,9-. The first kappa shape index (κ1) is 14.4. The van der Waals surface area contributed by atoms with Gasteiger partial charge in [0.1, 0.15) is 6.20 Å². The highest BCUT2D eigenvalue weighted by Gasteiger charge is 2.28. The average Bonchev–Trinajstić information content (AvgIpc) is 2.82. The molecule has 1 saturated carbocycles. The Morgan fingerprint density at radius 2 is 2.15 bits per heavy atom. The Labute approximate surface area is 116 Å². The van der Waals surface area contributed by atoms with Crippen molar-refractivity contribution in [3.63, 3.8) is 0 Å². The fraction of sp³-hybridized carbons (Fsp3) is 0.667. The Balaban J connectivity index is 2.00. The first-order valence-corrected chi connectivity index (χ1v) is 6.53. The van der Waals surface area contributed by atoms with Crippen LogP contribution < -0.4 is 5.32 Å². The van der Waals surface area contributed by atoms with Gasteiger partial charge in [-0.2, -0.15) is 5.10 Å². The van der Waals surface area contributed by atoms with Crippen LogP contribution in [0.2, 0.25) is 0 Å². The number of nitrogens with zero attached hydrogens (tertiary/aromatic N) is 3. The van der Waals surface area contributed by atoms with E-state index >= 15 is 0 Å². The van der Waals surface area contributed by atoms with Crippen LogP contribution in [-0.2, 0) is 11.8 Å². The first-order valence-electron chi connectivity index (χ1n) is 6.53. The van der Waals surface area contributed by atoms with Gasteiger partial charge in [-0.3, -0.25) is 19.6 Å². The molecule has 1 fully saturated rings. The third-order valence-corrected chi connectivity index (χ3v) is 3.56. The van der Waals surface area contributed by atoms with Crippen LogP contribution >= 0.6 is 0 Å². The van der Waals surface area contributed by atoms with E-state index in [-0.39, 0.29) is 23.5 Å². The summed E-state index contributed by atoms with van der Waals surface area (Å²) in [6.07, 6.45) is 4.86. The summed E-state index contributed by atoms with van der Waals surface area (Å²) in [4.78, 5) is 22.4. The zero-order valence-electron chi connectivity index (χ0n) is 11.5. The van der Waals surface area contributed by atoms with Crippen molar-refractivity contribution in [1.29, 1.82) is 0 Å². The van der Waals surface area contributed by atoms with Gasteiger partial charge in [-0.15, -0.1) is 0 Å². The molecule has 0 unspecified atom stereocenters. The number of hydrogen-bond donors (Lipinski definition) is 1. The molecule has 0 saturated heterocycles. The number of carbonyl (C=O) groups excluding carboxylic acids is 1. The Morgan fingerprint density at radius 3 is 2.70 bits per heavy atom. The number of ether oxygens (including phenoxy) is 1. The van der Waals surface area contributed by atoms with Gasteiger partial charge in [0.15, 0.2) is 0 Å². The average molecular weight is 282 g/mol. The molecule has 1 aromatic heterocycles. The topological polar surface area (TPSA) is 99.3 Å². The van der Waals surface area contributed by atoms with Crippen molar-refractivity contribution < 1.29 is 14.5 Å². The van der Waals surface area contributed by atoms with Gasteiger partial charge in [0.2, 0.25) is 5.69 Å². The smallest absolute Gasteiger partial charge is 0.320 e. The SMILES string of the molecule is CO[C@H]1CC[C@H](NC(=O)c2nn(C)cc2[N+](=O)[O-])CC1. The summed E-state index contributed by atoms with van der Waals surface area (Å²) in [5, 5.41) is 17.5. The van der Waals surface area contributed by atoms with Gasteiger partial charge >= 0.3 is 5.69 Å². The Hall–Kier alpha value is -1.96. The third kappa shape index (κ3) is 3.13. The second kappa shape index (κ2) is 6.00. The quantitative estimate of drug-likeness (QED) is 0.656. The summed E-state index contributed by atoms with van der Waals surface area (Å²) >= 11 is 0. The molecule has 20 heavy (non-hydrogen) atoms. The predicted octanol–water partition coefficient (Wildman–Crippen LogP) is 1.02. The van der Waals surface area contributed by atoms with Crippen LogP contribution in [-0.4, -0.2) is 39.9 Å². The van der Waals surface area contributed by atoms with E-state index in [1.54, 1.807) is 14.2 Å². The number of aromatic nitrogens is 2. The number of nitro groups is 1. The van der Waals surface area contributed by atoms with Gasteiger partial charge < -0.3 is 10.1 Å². The number of rotatable bonds is 4. The molecule has 0 radical (unpaired) electrons. The molecular weight excluding hydrogens is 264 g/mol. The summed E-state index contributed by atoms with van der Waals surface area (Å²) < 4.78 is 6.54. The Bertz CT molecular complexity index is 506. The zero-order chi connectivity index (χ0) is 14.7. The molecule has 0 bridgehead atoms. The molecule has 0 aromatic carbocycles. The van der Waals surface area contributed by atoms with E-state index in [2.05, 4.69) is 10.4 Å². The molecule has 8 heteroatoms. The van der Waals surface area contributed by atoms with E-state index in [1.165, 1.54) is 10.9 Å². The Morgan fingerprint density at radius 1 is 1.50 bits per heavy atom. The summed E-state index contributed by atoms with van der Waals surface area (Å²) in [6.45, 7) is 0. The molecular formula is C12H18N4O4. The maximum atomic E-state index is 12.1. The van der Waals surface area contributed by atoms with E-state index < -0.39 is 10.8 Å². The molecule has 0 aliphatic heterocycles. The van der Waals surface area contributed by atoms with E-state index in [1.807, 2.05) is 0 Å². The molecule has 1 amide bonds. The van der Waals surface area contributed by atoms with E-state index in [9.17, 15) is 14.9 Å². The van der Waals surface area contributed by atoms with Crippen LogP contribution in [0.1, 0.15) is 36.2 Å². The maximum Gasteiger partial charge on any atom is 0.320 e. The van der Waals surface area contributed by atoms with Crippen molar-refractivity contribution in [3.05, 3.63) is 22.0 Å². The zero-order valence-corrected chi connectivity index (χ0v) is 11.5. The van der Waals surface area contributed by atoms with Crippen LogP contribution in [0.25, 0.3) is 0 Å². The van der Waals surface area contributed by atoms with Gasteiger partial charge in [-0.1, -0.05) is 0 Å². The van der Waals surface area contributed by atoms with Crippen molar-refractivity contribution in [2.75, 3.05) is 7.11 Å². The second-order valence-corrected chi connectivity index (χ2v) is 4.98. The molecule has 2 rings (SSSR count). The van der Waals surface area contributed by atoms with Crippen LogP contribution in [0.3, 0.4) is 0 Å². The lowest BCUT2D eigenvalue weighted by Gasteiger charge is -2.27. The maximum absolute atomic E-state index is 12.1. The summed E-state index contributed by atoms with van der Waals surface area (Å²) in [5.41, 5.74) is -0.401. The van der Waals surface area contributed by atoms with Crippen molar-refractivity contribution in [1.82, 2.24) is 15.1 Å². The molecule has 110 valence electrons. The number of hydrogen-bond acceptors (Lipinski definition) is 5. The van der Waals surface area contributed by atoms with Gasteiger partial charge in [0, 0.05) is 20.2 Å². The third-order valence-electron chi connectivity index (χ3n) is 3.56. The van der Waals surface area contributed by atoms with E-state index in [0.29, 0.717) is 0 Å². The lowest BCUT2D eigenvalue weighted by Crippen LogP contribution is -2.39. The van der Waals surface area contributed by atoms with Gasteiger partial charge in [-0.05, 0) is 25.7 Å². The number of aryl methyl sites for hydroxylation is 1. The largest absolute Gasteiger partial charge is 0.381 e. The minimum Gasteiger partial charge on any atom is -0.381 e. The molecule has 8 nitrogen and oxygen atoms in total. The highest BCUT2D eigenvalue weighted by Crippen LogP contribution is 2.22. The normalized spacial score (nSPS) is 22.5. The number of carbonyl (C=O) groups is 1. The first-order chi connectivity index (χ1) is 9.51. The number of methoxy groups -OCH3 is 1. The molecule has 1 aliphatic carbocycles. The summed E-state index contributed by atoms with van der Waals surface area (Å²) in [7, 11) is 3.23. The lowest BCUT2D eigenvalue weighted by atomic mass is 9.93. The van der Waals surface area contributed by atoms with Crippen molar-refractivity contribution in [2.24, 2.45) is 7.05 Å². The predicted molar refractivity (Wildman–Crippen MR) is 70.4 cm³/mol. The molecule has 0 spiro atoms. The minimum absolute atomic E-state index is 0.0236. The van der Waals surface area contributed by atoms with Crippen LogP contribution in [0.5, 0.6) is 0 Å². The monoisotopic (exact) mass is 282 g/mol. The molecule has 1 aromatic rings. The van der Waals surface area contributed by atoms with E-state index in [0.717, 1.165) is 25.7 Å². The van der Waals surface area contributed by atoms with Gasteiger partial charge in [0.05, 0.1) is 11.0 Å². The summed E-state index contributed by atoms with van der Waals surface area (Å²) in [5.74, 6) is -0.488. The van der Waals surface area contributed by atoms with Crippen LogP contribution in [0.15, 0.2) is 6.20 Å². The molecule has 1 N–H and O–H groups in total. The number of nitrogens with one attached hydrogen (secondary N) is 1.